The van der Waals surface area contributed by atoms with Gasteiger partial charge in [0.05, 0.1) is 0 Å². The van der Waals surface area contributed by atoms with E-state index in [4.69, 9.17) is 5.11 Å². The van der Waals surface area contributed by atoms with Crippen LogP contribution in [0.15, 0.2) is 30.3 Å². The van der Waals surface area contributed by atoms with Crippen LogP contribution in [0.4, 0.5) is 0 Å². The van der Waals surface area contributed by atoms with E-state index in [0.717, 1.165) is 6.42 Å². The van der Waals surface area contributed by atoms with Crippen LogP contribution in [0.25, 0.3) is 0 Å². The van der Waals surface area contributed by atoms with Gasteiger partial charge < -0.3 is 14.9 Å². The highest BCUT2D eigenvalue weighted by Gasteiger charge is 2.37. The monoisotopic (exact) mass is 318 g/mol. The van der Waals surface area contributed by atoms with Crippen LogP contribution in [0.1, 0.15) is 36.5 Å². The first kappa shape index (κ1) is 17.0. The van der Waals surface area contributed by atoms with Crippen LogP contribution >= 0.6 is 0 Å². The molecule has 0 aromatic heterocycles. The Bertz CT molecular complexity index is 573. The van der Waals surface area contributed by atoms with Gasteiger partial charge in [-0.1, -0.05) is 25.1 Å². The van der Waals surface area contributed by atoms with Crippen LogP contribution in [0, 0.1) is 0 Å². The molecule has 6 nitrogen and oxygen atoms in total. The first-order valence-electron chi connectivity index (χ1n) is 7.91. The van der Waals surface area contributed by atoms with Gasteiger partial charge in [-0.05, 0) is 31.4 Å². The molecule has 1 unspecified atom stereocenters. The second-order valence-electron chi connectivity index (χ2n) is 5.68. The van der Waals surface area contributed by atoms with Crippen molar-refractivity contribution in [3.05, 3.63) is 35.9 Å². The van der Waals surface area contributed by atoms with Gasteiger partial charge in [0.15, 0.2) is 0 Å². The molecule has 124 valence electrons. The predicted octanol–water partition coefficient (Wildman–Crippen LogP) is 1.61. The standard InChI is InChI=1S/C17H22N2O4/c1-2-10-18(12-15(20)21)17(23)14-9-6-11-19(14)16(22)13-7-4-3-5-8-13/h3-5,7-8,14H,2,6,9-12H2,1H3,(H,20,21). The molecule has 23 heavy (non-hydrogen) atoms. The zero-order valence-electron chi connectivity index (χ0n) is 13.3. The summed E-state index contributed by atoms with van der Waals surface area (Å²) < 4.78 is 0. The molecule has 1 aliphatic rings. The van der Waals surface area contributed by atoms with Crippen LogP contribution in [0.2, 0.25) is 0 Å². The lowest BCUT2D eigenvalue weighted by Crippen LogP contribution is -2.49. The van der Waals surface area contributed by atoms with Gasteiger partial charge >= 0.3 is 5.97 Å². The minimum atomic E-state index is -1.04. The summed E-state index contributed by atoms with van der Waals surface area (Å²) in [5, 5.41) is 8.98. The minimum Gasteiger partial charge on any atom is -0.480 e. The molecule has 2 rings (SSSR count). The first-order valence-corrected chi connectivity index (χ1v) is 7.91. The number of rotatable bonds is 6. The van der Waals surface area contributed by atoms with Gasteiger partial charge in [0, 0.05) is 18.7 Å². The normalized spacial score (nSPS) is 17.1. The van der Waals surface area contributed by atoms with Gasteiger partial charge in [0.25, 0.3) is 5.91 Å². The quantitative estimate of drug-likeness (QED) is 0.864. The second-order valence-corrected chi connectivity index (χ2v) is 5.68. The maximum absolute atomic E-state index is 12.7. The van der Waals surface area contributed by atoms with Crippen molar-refractivity contribution in [3.63, 3.8) is 0 Å². The molecule has 1 atom stereocenters. The average molecular weight is 318 g/mol. The zero-order chi connectivity index (χ0) is 16.8. The number of likely N-dealkylation sites (tertiary alicyclic amines) is 1. The van der Waals surface area contributed by atoms with E-state index in [9.17, 15) is 14.4 Å². The van der Waals surface area contributed by atoms with E-state index in [0.29, 0.717) is 31.5 Å². The highest BCUT2D eigenvalue weighted by Crippen LogP contribution is 2.22. The number of aliphatic carboxylic acids is 1. The molecule has 1 aromatic rings. The lowest BCUT2D eigenvalue weighted by molar-refractivity contribution is -0.146. The zero-order valence-corrected chi connectivity index (χ0v) is 13.3. The van der Waals surface area contributed by atoms with E-state index in [-0.39, 0.29) is 18.4 Å². The number of nitrogens with zero attached hydrogens (tertiary/aromatic N) is 2. The minimum absolute atomic E-state index is 0.173. The molecule has 0 aliphatic carbocycles. The van der Waals surface area contributed by atoms with Gasteiger partial charge in [-0.2, -0.15) is 0 Å². The third-order valence-electron chi connectivity index (χ3n) is 3.95. The molecule has 2 amide bonds. The van der Waals surface area contributed by atoms with Gasteiger partial charge in [-0.3, -0.25) is 14.4 Å². The molecule has 1 saturated heterocycles. The van der Waals surface area contributed by atoms with E-state index in [1.165, 1.54) is 4.90 Å². The predicted molar refractivity (Wildman–Crippen MR) is 85.0 cm³/mol. The van der Waals surface area contributed by atoms with Crippen molar-refractivity contribution in [1.82, 2.24) is 9.80 Å². The van der Waals surface area contributed by atoms with Gasteiger partial charge in [-0.25, -0.2) is 0 Å². The summed E-state index contributed by atoms with van der Waals surface area (Å²) >= 11 is 0. The molecule has 1 aromatic carbocycles. The van der Waals surface area contributed by atoms with Crippen LogP contribution in [-0.4, -0.2) is 58.4 Å². The number of hydrogen-bond donors (Lipinski definition) is 1. The molecule has 1 aliphatic heterocycles. The highest BCUT2D eigenvalue weighted by molar-refractivity contribution is 5.98. The molecule has 0 bridgehead atoms. The molecular formula is C17H22N2O4. The Labute approximate surface area is 135 Å². The molecule has 6 heteroatoms. The van der Waals surface area contributed by atoms with E-state index in [1.54, 1.807) is 29.2 Å². The molecule has 0 saturated carbocycles. The maximum atomic E-state index is 12.7. The van der Waals surface area contributed by atoms with E-state index >= 15 is 0 Å². The lowest BCUT2D eigenvalue weighted by atomic mass is 10.1. The number of carbonyl (C=O) groups excluding carboxylic acids is 2. The first-order chi connectivity index (χ1) is 11.0. The maximum Gasteiger partial charge on any atom is 0.323 e. The van der Waals surface area contributed by atoms with Crippen LogP contribution in [0.5, 0.6) is 0 Å². The SMILES string of the molecule is CCCN(CC(=O)O)C(=O)C1CCCN1C(=O)c1ccccc1. The summed E-state index contributed by atoms with van der Waals surface area (Å²) in [4.78, 5) is 39.2. The third kappa shape index (κ3) is 4.09. The van der Waals surface area contributed by atoms with Crippen molar-refractivity contribution in [2.75, 3.05) is 19.6 Å². The van der Waals surface area contributed by atoms with Crippen molar-refractivity contribution in [1.29, 1.82) is 0 Å². The number of carbonyl (C=O) groups is 3. The Morgan fingerprint density at radius 3 is 2.57 bits per heavy atom. The van der Waals surface area contributed by atoms with E-state index < -0.39 is 12.0 Å². The van der Waals surface area contributed by atoms with Crippen molar-refractivity contribution in [2.24, 2.45) is 0 Å². The van der Waals surface area contributed by atoms with Gasteiger partial charge in [0.2, 0.25) is 5.91 Å². The van der Waals surface area contributed by atoms with Gasteiger partial charge in [-0.15, -0.1) is 0 Å². The largest absolute Gasteiger partial charge is 0.480 e. The van der Waals surface area contributed by atoms with Crippen molar-refractivity contribution >= 4 is 17.8 Å². The Kier molecular flexibility index (Phi) is 5.73. The molecular weight excluding hydrogens is 296 g/mol. The summed E-state index contributed by atoms with van der Waals surface area (Å²) in [5.41, 5.74) is 0.549. The number of benzene rings is 1. The summed E-state index contributed by atoms with van der Waals surface area (Å²) in [6, 6.07) is 8.29. The Balaban J connectivity index is 2.15. The summed E-state index contributed by atoms with van der Waals surface area (Å²) in [5.74, 6) is -1.48. The molecule has 0 radical (unpaired) electrons. The Morgan fingerprint density at radius 1 is 1.26 bits per heavy atom. The number of carboxylic acid groups (broad SMARTS) is 1. The molecule has 1 fully saturated rings. The van der Waals surface area contributed by atoms with Crippen molar-refractivity contribution in [3.8, 4) is 0 Å². The van der Waals surface area contributed by atoms with Crippen molar-refractivity contribution < 1.29 is 19.5 Å². The van der Waals surface area contributed by atoms with Crippen LogP contribution in [0.3, 0.4) is 0 Å². The Morgan fingerprint density at radius 2 is 1.96 bits per heavy atom. The van der Waals surface area contributed by atoms with Crippen LogP contribution in [-0.2, 0) is 9.59 Å². The fourth-order valence-electron chi connectivity index (χ4n) is 2.92. The smallest absolute Gasteiger partial charge is 0.323 e. The fraction of sp³-hybridized carbons (Fsp3) is 0.471. The fourth-order valence-corrected chi connectivity index (χ4v) is 2.92. The summed E-state index contributed by atoms with van der Waals surface area (Å²) in [7, 11) is 0. The van der Waals surface area contributed by atoms with Crippen molar-refractivity contribution in [2.45, 2.75) is 32.2 Å². The third-order valence-corrected chi connectivity index (χ3v) is 3.95. The number of amides is 2. The average Bonchev–Trinajstić information content (AvgIpc) is 3.03. The summed E-state index contributed by atoms with van der Waals surface area (Å²) in [6.07, 6.45) is 2.01. The van der Waals surface area contributed by atoms with Gasteiger partial charge in [0.1, 0.15) is 12.6 Å². The van der Waals surface area contributed by atoms with E-state index in [2.05, 4.69) is 0 Å². The number of hydrogen-bond acceptors (Lipinski definition) is 3. The Hall–Kier alpha value is -2.37. The van der Waals surface area contributed by atoms with E-state index in [1.807, 2.05) is 13.0 Å². The highest BCUT2D eigenvalue weighted by atomic mass is 16.4. The summed E-state index contributed by atoms with van der Waals surface area (Å²) in [6.45, 7) is 2.48. The molecule has 0 spiro atoms. The van der Waals surface area contributed by atoms with Crippen LogP contribution < -0.4 is 0 Å². The molecule has 1 heterocycles. The topological polar surface area (TPSA) is 77.9 Å². The lowest BCUT2D eigenvalue weighted by Gasteiger charge is -2.29. The molecule has 1 N–H and O–H groups in total. The second kappa shape index (κ2) is 7.76. The number of carboxylic acids is 1.